The Hall–Kier alpha value is -4.77. The fourth-order valence-electron chi connectivity index (χ4n) is 5.13. The van der Waals surface area contributed by atoms with Crippen molar-refractivity contribution in [2.45, 2.75) is 52.5 Å². The van der Waals surface area contributed by atoms with Crippen LogP contribution in [0.2, 0.25) is 5.02 Å². The largest absolute Gasteiger partial charge is 0.342 e. The number of amides is 2. The van der Waals surface area contributed by atoms with Crippen molar-refractivity contribution in [3.63, 3.8) is 0 Å². The zero-order valence-corrected chi connectivity index (χ0v) is 25.1. The standard InChI is InChI=1S/C32H30ClFN6O4/c1-17-6-4-8-24(36-32(44)30-18(2)40(39-38-30)27-9-5-7-23(33)29(27)34)26-16-21(12-13-35-26)22-11-10-20(15-28(42)19(3)41)14-25(22)37-31(17)43/h5,7,9-14,16-17,24H,4,6,8,15H2,1-3H3,(H,36,44)(H,37,43)/t17-,24+/m1/s1. The number of pyridine rings is 1. The molecule has 0 saturated heterocycles. The van der Waals surface area contributed by atoms with Crippen molar-refractivity contribution >= 4 is 40.7 Å². The quantitative estimate of drug-likeness (QED) is 0.278. The average Bonchev–Trinajstić information content (AvgIpc) is 3.38. The molecule has 12 heteroatoms. The fourth-order valence-corrected chi connectivity index (χ4v) is 5.30. The van der Waals surface area contributed by atoms with Crippen LogP contribution in [0, 0.1) is 18.7 Å². The van der Waals surface area contributed by atoms with Crippen LogP contribution in [0.25, 0.3) is 16.8 Å². The second-order valence-corrected chi connectivity index (χ2v) is 11.3. The summed E-state index contributed by atoms with van der Waals surface area (Å²) < 4.78 is 15.9. The second kappa shape index (κ2) is 12.8. The number of carbonyl (C=O) groups excluding carboxylic acids is 4. The number of halogens is 2. The Morgan fingerprint density at radius 1 is 1.14 bits per heavy atom. The Morgan fingerprint density at radius 2 is 1.93 bits per heavy atom. The number of anilines is 1. The lowest BCUT2D eigenvalue weighted by Crippen LogP contribution is -2.30. The molecule has 1 aliphatic rings. The van der Waals surface area contributed by atoms with Crippen LogP contribution in [0.3, 0.4) is 0 Å². The number of nitrogens with zero attached hydrogens (tertiary/aromatic N) is 4. The molecule has 0 saturated carbocycles. The van der Waals surface area contributed by atoms with Gasteiger partial charge in [0.05, 0.1) is 22.5 Å². The number of carbonyl (C=O) groups is 4. The second-order valence-electron chi connectivity index (χ2n) is 10.9. The van der Waals surface area contributed by atoms with Crippen molar-refractivity contribution < 1.29 is 23.6 Å². The van der Waals surface area contributed by atoms with Crippen molar-refractivity contribution in [1.29, 1.82) is 0 Å². The van der Waals surface area contributed by atoms with Gasteiger partial charge in [-0.1, -0.05) is 48.4 Å². The lowest BCUT2D eigenvalue weighted by Gasteiger charge is -2.22. The third-order valence-electron chi connectivity index (χ3n) is 7.70. The van der Waals surface area contributed by atoms with E-state index >= 15 is 0 Å². The first-order valence-electron chi connectivity index (χ1n) is 14.1. The van der Waals surface area contributed by atoms with Crippen LogP contribution in [0.5, 0.6) is 0 Å². The van der Waals surface area contributed by atoms with Gasteiger partial charge in [-0.05, 0) is 61.2 Å². The van der Waals surface area contributed by atoms with Crippen LogP contribution >= 0.6 is 11.6 Å². The number of fused-ring (bicyclic) bond motifs is 4. The van der Waals surface area contributed by atoms with E-state index in [0.29, 0.717) is 47.5 Å². The maximum Gasteiger partial charge on any atom is 0.274 e. The monoisotopic (exact) mass is 616 g/mol. The minimum absolute atomic E-state index is 0.0253. The molecule has 0 radical (unpaired) electrons. The maximum atomic E-state index is 14.7. The van der Waals surface area contributed by atoms with Crippen molar-refractivity contribution in [3.05, 3.63) is 88.2 Å². The zero-order valence-electron chi connectivity index (χ0n) is 24.4. The van der Waals surface area contributed by atoms with Crippen molar-refractivity contribution in [3.8, 4) is 16.8 Å². The highest BCUT2D eigenvalue weighted by Gasteiger charge is 2.25. The van der Waals surface area contributed by atoms with Gasteiger partial charge in [-0.3, -0.25) is 24.2 Å². The highest BCUT2D eigenvalue weighted by molar-refractivity contribution is 6.36. The number of Topliss-reactive ketones (excluding diaryl/α,β-unsaturated/α-hetero) is 2. The molecule has 226 valence electrons. The smallest absolute Gasteiger partial charge is 0.274 e. The molecule has 3 heterocycles. The van der Waals surface area contributed by atoms with Gasteiger partial charge in [0.2, 0.25) is 11.7 Å². The zero-order chi connectivity index (χ0) is 31.5. The molecule has 2 aromatic heterocycles. The Morgan fingerprint density at radius 3 is 2.70 bits per heavy atom. The first-order valence-corrected chi connectivity index (χ1v) is 14.5. The Bertz CT molecular complexity index is 1790. The van der Waals surface area contributed by atoms with Gasteiger partial charge >= 0.3 is 0 Å². The van der Waals surface area contributed by atoms with E-state index in [1.807, 2.05) is 13.0 Å². The van der Waals surface area contributed by atoms with Gasteiger partial charge < -0.3 is 10.6 Å². The highest BCUT2D eigenvalue weighted by atomic mass is 35.5. The molecule has 2 N–H and O–H groups in total. The molecule has 0 spiro atoms. The number of hydrogen-bond donors (Lipinski definition) is 2. The van der Waals surface area contributed by atoms with E-state index in [4.69, 9.17) is 11.6 Å². The summed E-state index contributed by atoms with van der Waals surface area (Å²) in [7, 11) is 0. The molecule has 44 heavy (non-hydrogen) atoms. The molecule has 2 atom stereocenters. The van der Waals surface area contributed by atoms with E-state index in [9.17, 15) is 23.6 Å². The van der Waals surface area contributed by atoms with Gasteiger partial charge in [-0.25, -0.2) is 9.07 Å². The van der Waals surface area contributed by atoms with Gasteiger partial charge in [0.25, 0.3) is 5.91 Å². The Balaban J connectivity index is 1.48. The molecule has 2 bridgehead atoms. The van der Waals surface area contributed by atoms with Gasteiger partial charge in [0.15, 0.2) is 17.3 Å². The van der Waals surface area contributed by atoms with Crippen LogP contribution < -0.4 is 10.6 Å². The lowest BCUT2D eigenvalue weighted by molar-refractivity contribution is -0.134. The first-order chi connectivity index (χ1) is 21.0. The highest BCUT2D eigenvalue weighted by Crippen LogP contribution is 2.33. The van der Waals surface area contributed by atoms with E-state index in [1.54, 1.807) is 43.5 Å². The van der Waals surface area contributed by atoms with Crippen LogP contribution in [0.15, 0.2) is 54.7 Å². The minimum atomic E-state index is -0.675. The van der Waals surface area contributed by atoms with E-state index in [1.165, 1.54) is 23.7 Å². The molecule has 5 rings (SSSR count). The number of benzene rings is 2. The summed E-state index contributed by atoms with van der Waals surface area (Å²) in [5, 5.41) is 14.0. The number of rotatable bonds is 6. The number of ketones is 2. The molecule has 0 aliphatic carbocycles. The van der Waals surface area contributed by atoms with Crippen LogP contribution in [0.1, 0.15) is 66.6 Å². The summed E-state index contributed by atoms with van der Waals surface area (Å²) in [4.78, 5) is 54.8. The molecule has 2 aromatic carbocycles. The topological polar surface area (TPSA) is 136 Å². The van der Waals surface area contributed by atoms with Crippen LogP contribution in [-0.2, 0) is 20.8 Å². The van der Waals surface area contributed by atoms with Crippen molar-refractivity contribution in [1.82, 2.24) is 25.3 Å². The van der Waals surface area contributed by atoms with E-state index in [0.717, 1.165) is 5.56 Å². The first kappa shape index (κ1) is 30.7. The molecule has 0 unspecified atom stereocenters. The number of aromatic nitrogens is 4. The molecule has 1 aliphatic heterocycles. The van der Waals surface area contributed by atoms with Crippen molar-refractivity contribution in [2.24, 2.45) is 5.92 Å². The summed E-state index contributed by atoms with van der Waals surface area (Å²) >= 11 is 5.94. The molecule has 10 nitrogen and oxygen atoms in total. The summed E-state index contributed by atoms with van der Waals surface area (Å²) in [6, 6.07) is 12.8. The molecule has 0 fully saturated rings. The fraction of sp³-hybridized carbons (Fsp3) is 0.281. The number of hydrogen-bond acceptors (Lipinski definition) is 7. The average molecular weight is 617 g/mol. The predicted octanol–water partition coefficient (Wildman–Crippen LogP) is 5.36. The van der Waals surface area contributed by atoms with E-state index in [-0.39, 0.29) is 34.6 Å². The summed E-state index contributed by atoms with van der Waals surface area (Å²) in [5.41, 5.74) is 3.57. The van der Waals surface area contributed by atoms with Crippen LogP contribution in [-0.4, -0.2) is 43.4 Å². The summed E-state index contributed by atoms with van der Waals surface area (Å²) in [6.45, 7) is 4.67. The minimum Gasteiger partial charge on any atom is -0.342 e. The lowest BCUT2D eigenvalue weighted by atomic mass is 9.94. The molecule has 2 amide bonds. The third-order valence-corrected chi connectivity index (χ3v) is 7.99. The summed E-state index contributed by atoms with van der Waals surface area (Å²) in [5.74, 6) is -2.76. The number of nitrogens with one attached hydrogen (secondary N) is 2. The molecular weight excluding hydrogens is 587 g/mol. The third kappa shape index (κ3) is 6.42. The van der Waals surface area contributed by atoms with E-state index < -0.39 is 29.3 Å². The Kier molecular flexibility index (Phi) is 8.96. The SMILES string of the molecule is CC(=O)C(=O)Cc1ccc2c(c1)NC(=O)[C@H](C)CCC[C@H](NC(=O)c1nnn(-c3cccc(Cl)c3F)c1C)c1cc-2ccn1. The van der Waals surface area contributed by atoms with Gasteiger partial charge in [-0.2, -0.15) is 0 Å². The molecular formula is C32H30ClFN6O4. The van der Waals surface area contributed by atoms with E-state index in [2.05, 4.69) is 25.9 Å². The maximum absolute atomic E-state index is 14.7. The normalized spacial score (nSPS) is 16.6. The summed E-state index contributed by atoms with van der Waals surface area (Å²) in [6.07, 6.45) is 3.19. The van der Waals surface area contributed by atoms with Crippen LogP contribution in [0.4, 0.5) is 10.1 Å². The predicted molar refractivity (Wildman–Crippen MR) is 162 cm³/mol. The Labute approximate surface area is 258 Å². The molecule has 4 aromatic rings. The van der Waals surface area contributed by atoms with Gasteiger partial charge in [0.1, 0.15) is 5.69 Å². The van der Waals surface area contributed by atoms with Gasteiger partial charge in [-0.15, -0.1) is 5.10 Å². The van der Waals surface area contributed by atoms with Crippen molar-refractivity contribution in [2.75, 3.05) is 5.32 Å². The van der Waals surface area contributed by atoms with Gasteiger partial charge in [0, 0.05) is 36.7 Å².